The molecule has 37 heavy (non-hydrogen) atoms. The normalized spacial score (nSPS) is 13.6. The minimum atomic E-state index is -1.06. The van der Waals surface area contributed by atoms with E-state index in [1.165, 1.54) is 77.0 Å². The fourth-order valence-corrected chi connectivity index (χ4v) is 4.62. The molecule has 3 atom stereocenters. The van der Waals surface area contributed by atoms with E-state index in [0.717, 1.165) is 19.3 Å². The lowest BCUT2D eigenvalue weighted by Crippen LogP contribution is -2.54. The van der Waals surface area contributed by atoms with Gasteiger partial charge in [-0.2, -0.15) is 0 Å². The molecule has 0 aliphatic rings. The van der Waals surface area contributed by atoms with Crippen molar-refractivity contribution in [3.63, 3.8) is 0 Å². The molecule has 0 aromatic carbocycles. The molecule has 0 aromatic rings. The number of carbonyl (C=O) groups is 3. The van der Waals surface area contributed by atoms with Gasteiger partial charge >= 0.3 is 5.97 Å². The minimum absolute atomic E-state index is 0.0801. The second-order valence-corrected chi connectivity index (χ2v) is 10.8. The van der Waals surface area contributed by atoms with E-state index in [2.05, 4.69) is 17.6 Å². The molecular weight excluding hydrogens is 466 g/mol. The van der Waals surface area contributed by atoms with E-state index in [-0.39, 0.29) is 11.8 Å². The Bertz CT molecular complexity index is 585. The summed E-state index contributed by atoms with van der Waals surface area (Å²) < 4.78 is 0. The molecule has 7 nitrogen and oxygen atoms in total. The first-order chi connectivity index (χ1) is 17.9. The number of hydrogen-bond donors (Lipinski definition) is 4. The van der Waals surface area contributed by atoms with Crippen molar-refractivity contribution in [2.45, 2.75) is 161 Å². The first-order valence-corrected chi connectivity index (χ1v) is 15.4. The van der Waals surface area contributed by atoms with Gasteiger partial charge in [0.05, 0.1) is 0 Å². The van der Waals surface area contributed by atoms with Gasteiger partial charge in [-0.15, -0.1) is 0 Å². The highest BCUT2D eigenvalue weighted by atomic mass is 16.4. The van der Waals surface area contributed by atoms with Crippen LogP contribution in [-0.4, -0.2) is 41.5 Å². The van der Waals surface area contributed by atoms with Gasteiger partial charge < -0.3 is 21.5 Å². The van der Waals surface area contributed by atoms with Crippen LogP contribution >= 0.6 is 0 Å². The monoisotopic (exact) mass is 525 g/mol. The zero-order chi connectivity index (χ0) is 27.7. The molecule has 7 heteroatoms. The van der Waals surface area contributed by atoms with Gasteiger partial charge in [-0.1, -0.05) is 117 Å². The molecule has 2 amide bonds. The van der Waals surface area contributed by atoms with Gasteiger partial charge in [0.1, 0.15) is 12.1 Å². The maximum absolute atomic E-state index is 12.8. The van der Waals surface area contributed by atoms with Crippen molar-refractivity contribution in [1.82, 2.24) is 10.6 Å². The van der Waals surface area contributed by atoms with Gasteiger partial charge in [-0.05, 0) is 38.1 Å². The fraction of sp³-hybridized carbons (Fsp3) is 0.900. The molecule has 0 saturated heterocycles. The zero-order valence-electron chi connectivity index (χ0n) is 24.3. The Morgan fingerprint density at radius 2 is 1.19 bits per heavy atom. The second-order valence-electron chi connectivity index (χ2n) is 10.8. The quantitative estimate of drug-likeness (QED) is 0.0963. The summed E-state index contributed by atoms with van der Waals surface area (Å²) in [4.78, 5) is 36.9. The summed E-state index contributed by atoms with van der Waals surface area (Å²) in [5.74, 6) is -1.69. The van der Waals surface area contributed by atoms with E-state index in [1.54, 1.807) is 0 Å². The molecule has 218 valence electrons. The number of carboxylic acids is 1. The fourth-order valence-electron chi connectivity index (χ4n) is 4.62. The summed E-state index contributed by atoms with van der Waals surface area (Å²) in [6.07, 6.45) is 21.9. The van der Waals surface area contributed by atoms with Gasteiger partial charge in [0.15, 0.2) is 0 Å². The number of amides is 2. The molecule has 0 aliphatic carbocycles. The molecule has 0 rings (SSSR count). The van der Waals surface area contributed by atoms with Crippen LogP contribution < -0.4 is 16.4 Å². The Morgan fingerprint density at radius 3 is 1.62 bits per heavy atom. The van der Waals surface area contributed by atoms with E-state index in [9.17, 15) is 19.5 Å². The van der Waals surface area contributed by atoms with Crippen LogP contribution in [-0.2, 0) is 14.4 Å². The summed E-state index contributed by atoms with van der Waals surface area (Å²) in [6.45, 7) is 6.62. The topological polar surface area (TPSA) is 122 Å². The Hall–Kier alpha value is -1.63. The highest BCUT2D eigenvalue weighted by molar-refractivity contribution is 5.90. The lowest BCUT2D eigenvalue weighted by molar-refractivity contribution is -0.142. The van der Waals surface area contributed by atoms with Crippen LogP contribution in [0.15, 0.2) is 0 Å². The number of nitrogens with two attached hydrogens (primary N) is 1. The third kappa shape index (κ3) is 20.1. The highest BCUT2D eigenvalue weighted by Crippen LogP contribution is 2.14. The van der Waals surface area contributed by atoms with Crippen LogP contribution in [0.25, 0.3) is 0 Å². The van der Waals surface area contributed by atoms with Crippen LogP contribution in [0, 0.1) is 5.92 Å². The lowest BCUT2D eigenvalue weighted by atomic mass is 9.97. The molecule has 5 N–H and O–H groups in total. The largest absolute Gasteiger partial charge is 0.480 e. The van der Waals surface area contributed by atoms with Crippen LogP contribution in [0.1, 0.15) is 149 Å². The third-order valence-corrected chi connectivity index (χ3v) is 7.38. The van der Waals surface area contributed by atoms with Crippen molar-refractivity contribution in [2.75, 3.05) is 6.54 Å². The molecular formula is C30H59N3O4. The Kier molecular flexibility index (Phi) is 23.6. The van der Waals surface area contributed by atoms with Crippen LogP contribution in [0.3, 0.4) is 0 Å². The Morgan fingerprint density at radius 1 is 0.703 bits per heavy atom. The number of rotatable bonds is 26. The number of unbranched alkanes of at least 4 members (excludes halogenated alkanes) is 15. The van der Waals surface area contributed by atoms with Crippen LogP contribution in [0.2, 0.25) is 0 Å². The molecule has 0 unspecified atom stereocenters. The van der Waals surface area contributed by atoms with Gasteiger partial charge in [0.25, 0.3) is 0 Å². The molecule has 0 radical (unpaired) electrons. The van der Waals surface area contributed by atoms with Crippen molar-refractivity contribution < 1.29 is 19.5 Å². The standard InChI is InChI=1S/C30H59N3O4/c1-4-6-7-8-9-10-11-12-13-14-15-16-17-18-19-23-27(34)33-28(25(3)5-2)29(35)32-26(30(36)37)22-20-21-24-31/h25-26,28H,4-24,31H2,1-3H3,(H,32,35)(H,33,34)(H,36,37)/t25-,26-,28-/m0/s1. The summed E-state index contributed by atoms with van der Waals surface area (Å²) in [5, 5.41) is 14.9. The number of hydrogen-bond acceptors (Lipinski definition) is 4. The van der Waals surface area contributed by atoms with Crippen molar-refractivity contribution >= 4 is 17.8 Å². The van der Waals surface area contributed by atoms with E-state index < -0.39 is 24.0 Å². The van der Waals surface area contributed by atoms with Gasteiger partial charge in [-0.25, -0.2) is 4.79 Å². The van der Waals surface area contributed by atoms with Gasteiger partial charge in [-0.3, -0.25) is 9.59 Å². The predicted octanol–water partition coefficient (Wildman–Crippen LogP) is 6.48. The minimum Gasteiger partial charge on any atom is -0.480 e. The van der Waals surface area contributed by atoms with Crippen LogP contribution in [0.5, 0.6) is 0 Å². The Balaban J connectivity index is 4.07. The SMILES string of the molecule is CCCCCCCCCCCCCCCCCC(=O)N[C@H](C(=O)N[C@@H](CCCCN)C(=O)O)[C@@H](C)CC. The number of carbonyl (C=O) groups excluding carboxylic acids is 2. The molecule has 0 aliphatic heterocycles. The van der Waals surface area contributed by atoms with Crippen molar-refractivity contribution in [1.29, 1.82) is 0 Å². The number of aliphatic carboxylic acids is 1. The van der Waals surface area contributed by atoms with Crippen molar-refractivity contribution in [3.05, 3.63) is 0 Å². The maximum Gasteiger partial charge on any atom is 0.326 e. The predicted molar refractivity (Wildman–Crippen MR) is 153 cm³/mol. The molecule has 0 fully saturated rings. The number of carboxylic acid groups (broad SMARTS) is 1. The van der Waals surface area contributed by atoms with E-state index >= 15 is 0 Å². The average Bonchev–Trinajstić information content (AvgIpc) is 2.88. The molecule has 0 heterocycles. The zero-order valence-corrected chi connectivity index (χ0v) is 24.3. The van der Waals surface area contributed by atoms with Crippen molar-refractivity contribution in [3.8, 4) is 0 Å². The van der Waals surface area contributed by atoms with Gasteiger partial charge in [0.2, 0.25) is 11.8 Å². The van der Waals surface area contributed by atoms with Crippen molar-refractivity contribution in [2.24, 2.45) is 11.7 Å². The summed E-state index contributed by atoms with van der Waals surface area (Å²) >= 11 is 0. The summed E-state index contributed by atoms with van der Waals surface area (Å²) in [7, 11) is 0. The molecule has 0 aromatic heterocycles. The lowest BCUT2D eigenvalue weighted by Gasteiger charge is -2.25. The Labute approximate surface area is 227 Å². The maximum atomic E-state index is 12.8. The van der Waals surface area contributed by atoms with E-state index in [0.29, 0.717) is 38.6 Å². The first kappa shape index (κ1) is 35.4. The summed E-state index contributed by atoms with van der Waals surface area (Å²) in [5.41, 5.74) is 5.49. The molecule has 0 saturated carbocycles. The third-order valence-electron chi connectivity index (χ3n) is 7.38. The summed E-state index contributed by atoms with van der Waals surface area (Å²) in [6, 6.07) is -1.68. The molecule has 0 bridgehead atoms. The average molecular weight is 526 g/mol. The van der Waals surface area contributed by atoms with Crippen LogP contribution in [0.4, 0.5) is 0 Å². The van der Waals surface area contributed by atoms with E-state index in [4.69, 9.17) is 5.73 Å². The molecule has 0 spiro atoms. The van der Waals surface area contributed by atoms with E-state index in [1.807, 2.05) is 13.8 Å². The second kappa shape index (κ2) is 24.7. The highest BCUT2D eigenvalue weighted by Gasteiger charge is 2.29. The smallest absolute Gasteiger partial charge is 0.326 e. The number of nitrogens with one attached hydrogen (secondary N) is 2. The first-order valence-electron chi connectivity index (χ1n) is 15.4. The van der Waals surface area contributed by atoms with Gasteiger partial charge in [0, 0.05) is 6.42 Å².